The first kappa shape index (κ1) is 14.3. The fourth-order valence-electron chi connectivity index (χ4n) is 4.27. The summed E-state index contributed by atoms with van der Waals surface area (Å²) in [5, 5.41) is 0. The van der Waals surface area contributed by atoms with Gasteiger partial charge in [-0.3, -0.25) is 9.69 Å². The Morgan fingerprint density at radius 2 is 1.50 bits per heavy atom. The third-order valence-corrected chi connectivity index (χ3v) is 5.61. The second-order valence-corrected chi connectivity index (χ2v) is 6.98. The lowest BCUT2D eigenvalue weighted by Gasteiger charge is -2.42. The molecule has 0 aromatic rings. The molecule has 2 N–H and O–H groups in total. The van der Waals surface area contributed by atoms with Crippen LogP contribution in [0.1, 0.15) is 57.8 Å². The van der Waals surface area contributed by atoms with Gasteiger partial charge < -0.3 is 10.6 Å². The summed E-state index contributed by atoms with van der Waals surface area (Å²) in [4.78, 5) is 17.3. The Morgan fingerprint density at radius 1 is 0.900 bits per heavy atom. The third kappa shape index (κ3) is 2.86. The highest BCUT2D eigenvalue weighted by Gasteiger charge is 2.39. The van der Waals surface area contributed by atoms with Gasteiger partial charge in [0, 0.05) is 32.2 Å². The zero-order chi connectivity index (χ0) is 14.0. The average Bonchev–Trinajstić information content (AvgIpc) is 3.02. The van der Waals surface area contributed by atoms with Crippen LogP contribution in [0.4, 0.5) is 0 Å². The fourth-order valence-corrected chi connectivity index (χ4v) is 4.27. The number of nitrogens with two attached hydrogens (primary N) is 1. The van der Waals surface area contributed by atoms with Crippen LogP contribution < -0.4 is 5.73 Å². The van der Waals surface area contributed by atoms with Gasteiger partial charge in [-0.2, -0.15) is 0 Å². The van der Waals surface area contributed by atoms with Gasteiger partial charge in [-0.05, 0) is 25.7 Å². The van der Waals surface area contributed by atoms with Crippen molar-refractivity contribution in [3.8, 4) is 0 Å². The number of rotatable bonds is 2. The zero-order valence-corrected chi connectivity index (χ0v) is 12.6. The van der Waals surface area contributed by atoms with Gasteiger partial charge in [0.05, 0.1) is 5.54 Å². The van der Waals surface area contributed by atoms with E-state index in [9.17, 15) is 4.79 Å². The first-order valence-electron chi connectivity index (χ1n) is 8.51. The minimum atomic E-state index is -0.548. The molecule has 0 radical (unpaired) electrons. The summed E-state index contributed by atoms with van der Waals surface area (Å²) >= 11 is 0. The average molecular weight is 279 g/mol. The van der Waals surface area contributed by atoms with Crippen LogP contribution in [0.2, 0.25) is 0 Å². The molecule has 2 aliphatic carbocycles. The molecule has 114 valence electrons. The number of hydrogen-bond donors (Lipinski definition) is 1. The lowest BCUT2D eigenvalue weighted by molar-refractivity contribution is -0.140. The molecule has 20 heavy (non-hydrogen) atoms. The van der Waals surface area contributed by atoms with Gasteiger partial charge in [-0.1, -0.05) is 32.1 Å². The quantitative estimate of drug-likeness (QED) is 0.837. The van der Waals surface area contributed by atoms with Gasteiger partial charge in [0.25, 0.3) is 0 Å². The summed E-state index contributed by atoms with van der Waals surface area (Å²) < 4.78 is 0. The van der Waals surface area contributed by atoms with Crippen molar-refractivity contribution in [1.29, 1.82) is 0 Å². The van der Waals surface area contributed by atoms with E-state index in [1.807, 2.05) is 4.90 Å². The van der Waals surface area contributed by atoms with Crippen LogP contribution in [-0.2, 0) is 4.79 Å². The van der Waals surface area contributed by atoms with E-state index in [0.717, 1.165) is 57.9 Å². The smallest absolute Gasteiger partial charge is 0.242 e. The Hall–Kier alpha value is -0.610. The second kappa shape index (κ2) is 6.02. The topological polar surface area (TPSA) is 49.6 Å². The summed E-state index contributed by atoms with van der Waals surface area (Å²) in [6.07, 6.45) is 10.7. The van der Waals surface area contributed by atoms with Gasteiger partial charge in [0.2, 0.25) is 5.91 Å². The van der Waals surface area contributed by atoms with E-state index in [4.69, 9.17) is 5.73 Å². The van der Waals surface area contributed by atoms with Crippen LogP contribution in [0.15, 0.2) is 0 Å². The number of hydrogen-bond acceptors (Lipinski definition) is 3. The predicted octanol–water partition coefficient (Wildman–Crippen LogP) is 1.73. The maximum absolute atomic E-state index is 12.7. The highest BCUT2D eigenvalue weighted by molar-refractivity contribution is 5.86. The number of carbonyl (C=O) groups is 1. The molecule has 0 aromatic heterocycles. The minimum absolute atomic E-state index is 0.225. The molecule has 4 heteroatoms. The molecule has 3 fully saturated rings. The van der Waals surface area contributed by atoms with Gasteiger partial charge in [0.15, 0.2) is 0 Å². The normalized spacial score (nSPS) is 28.8. The predicted molar refractivity (Wildman–Crippen MR) is 80.4 cm³/mol. The van der Waals surface area contributed by atoms with Crippen LogP contribution in [0.25, 0.3) is 0 Å². The molecule has 1 amide bonds. The van der Waals surface area contributed by atoms with Crippen LogP contribution in [0, 0.1) is 0 Å². The van der Waals surface area contributed by atoms with Crippen molar-refractivity contribution in [2.75, 3.05) is 26.2 Å². The molecule has 0 aromatic carbocycles. The summed E-state index contributed by atoms with van der Waals surface area (Å²) in [7, 11) is 0. The Kier molecular flexibility index (Phi) is 4.32. The highest BCUT2D eigenvalue weighted by atomic mass is 16.2. The van der Waals surface area contributed by atoms with Crippen molar-refractivity contribution in [3.63, 3.8) is 0 Å². The number of nitrogens with zero attached hydrogens (tertiary/aromatic N) is 2. The molecule has 1 aliphatic heterocycles. The Bertz CT molecular complexity index is 338. The van der Waals surface area contributed by atoms with Crippen LogP contribution >= 0.6 is 0 Å². The molecule has 3 aliphatic rings. The number of amides is 1. The monoisotopic (exact) mass is 279 g/mol. The summed E-state index contributed by atoms with van der Waals surface area (Å²) in [6.45, 7) is 3.86. The SMILES string of the molecule is NC1(C(=O)N2CCN(C3CCCC3)CC2)CCCCC1. The van der Waals surface area contributed by atoms with Crippen LogP contribution in [0.5, 0.6) is 0 Å². The Balaban J connectivity index is 1.53. The molecule has 4 nitrogen and oxygen atoms in total. The molecule has 0 unspecified atom stereocenters. The summed E-state index contributed by atoms with van der Waals surface area (Å²) in [5.74, 6) is 0.225. The van der Waals surface area contributed by atoms with E-state index in [1.165, 1.54) is 32.1 Å². The largest absolute Gasteiger partial charge is 0.339 e. The molecule has 0 atom stereocenters. The van der Waals surface area contributed by atoms with E-state index in [1.54, 1.807) is 0 Å². The molecule has 1 saturated heterocycles. The maximum Gasteiger partial charge on any atom is 0.242 e. The number of carbonyl (C=O) groups excluding carboxylic acids is 1. The third-order valence-electron chi connectivity index (χ3n) is 5.61. The van der Waals surface area contributed by atoms with E-state index in [-0.39, 0.29) is 5.91 Å². The van der Waals surface area contributed by atoms with E-state index in [2.05, 4.69) is 4.90 Å². The Labute approximate surface area is 122 Å². The van der Waals surface area contributed by atoms with E-state index < -0.39 is 5.54 Å². The van der Waals surface area contributed by atoms with Gasteiger partial charge >= 0.3 is 0 Å². The van der Waals surface area contributed by atoms with Crippen LogP contribution in [0.3, 0.4) is 0 Å². The van der Waals surface area contributed by atoms with Crippen molar-refractivity contribution in [2.45, 2.75) is 69.4 Å². The maximum atomic E-state index is 12.7. The molecule has 2 saturated carbocycles. The molecule has 1 heterocycles. The molecule has 0 spiro atoms. The van der Waals surface area contributed by atoms with Gasteiger partial charge in [0.1, 0.15) is 0 Å². The molecular formula is C16H29N3O. The second-order valence-electron chi connectivity index (χ2n) is 6.98. The lowest BCUT2D eigenvalue weighted by atomic mass is 9.81. The molecule has 3 rings (SSSR count). The molecule has 0 bridgehead atoms. The van der Waals surface area contributed by atoms with E-state index in [0.29, 0.717) is 0 Å². The zero-order valence-electron chi connectivity index (χ0n) is 12.6. The highest BCUT2D eigenvalue weighted by Crippen LogP contribution is 2.29. The number of piperazine rings is 1. The van der Waals surface area contributed by atoms with Crippen molar-refractivity contribution < 1.29 is 4.79 Å². The van der Waals surface area contributed by atoms with Gasteiger partial charge in [-0.15, -0.1) is 0 Å². The Morgan fingerprint density at radius 3 is 2.10 bits per heavy atom. The van der Waals surface area contributed by atoms with Crippen molar-refractivity contribution in [2.24, 2.45) is 5.73 Å². The van der Waals surface area contributed by atoms with Crippen molar-refractivity contribution in [1.82, 2.24) is 9.80 Å². The molecular weight excluding hydrogens is 250 g/mol. The van der Waals surface area contributed by atoms with Gasteiger partial charge in [-0.25, -0.2) is 0 Å². The van der Waals surface area contributed by atoms with E-state index >= 15 is 0 Å². The first-order chi connectivity index (χ1) is 9.69. The van der Waals surface area contributed by atoms with Crippen molar-refractivity contribution in [3.05, 3.63) is 0 Å². The van der Waals surface area contributed by atoms with Crippen LogP contribution in [-0.4, -0.2) is 53.5 Å². The van der Waals surface area contributed by atoms with Crippen molar-refractivity contribution >= 4 is 5.91 Å². The standard InChI is InChI=1S/C16H29N3O/c17-16(8-4-1-5-9-16)15(20)19-12-10-18(11-13-19)14-6-2-3-7-14/h14H,1-13,17H2. The summed E-state index contributed by atoms with van der Waals surface area (Å²) in [5.41, 5.74) is 5.84. The minimum Gasteiger partial charge on any atom is -0.339 e. The summed E-state index contributed by atoms with van der Waals surface area (Å²) in [6, 6.07) is 0.786. The lowest BCUT2D eigenvalue weighted by Crippen LogP contribution is -2.60. The fraction of sp³-hybridized carbons (Fsp3) is 0.938. The first-order valence-corrected chi connectivity index (χ1v) is 8.51.